The molecule has 8 nitrogen and oxygen atoms in total. The molecule has 0 aliphatic carbocycles. The van der Waals surface area contributed by atoms with E-state index in [1.165, 1.54) is 30.4 Å². The molecule has 1 fully saturated rings. The highest BCUT2D eigenvalue weighted by atomic mass is 16.5. The third-order valence-corrected chi connectivity index (χ3v) is 6.58. The van der Waals surface area contributed by atoms with Crippen molar-refractivity contribution in [1.82, 2.24) is 4.90 Å². The number of carbonyl (C=O) groups is 2. The van der Waals surface area contributed by atoms with Crippen molar-refractivity contribution in [2.75, 3.05) is 7.11 Å². The van der Waals surface area contributed by atoms with Crippen LogP contribution in [0.1, 0.15) is 34.1 Å². The minimum atomic E-state index is -0.943. The van der Waals surface area contributed by atoms with Gasteiger partial charge in [0.25, 0.3) is 11.7 Å². The fourth-order valence-corrected chi connectivity index (χ4v) is 4.66. The van der Waals surface area contributed by atoms with E-state index in [4.69, 9.17) is 13.9 Å². The summed E-state index contributed by atoms with van der Waals surface area (Å²) in [5.41, 5.74) is 2.93. The highest BCUT2D eigenvalue weighted by Crippen LogP contribution is 2.42. The molecule has 1 aliphatic rings. The fourth-order valence-electron chi connectivity index (χ4n) is 4.66. The number of hydrogen-bond donors (Lipinski definition) is 2. The van der Waals surface area contributed by atoms with E-state index in [9.17, 15) is 19.8 Å². The molecule has 8 heteroatoms. The Bertz CT molecular complexity index is 1540. The number of ketones is 1. The number of phenols is 1. The molecule has 1 amide bonds. The molecular formula is C31H27NO7. The van der Waals surface area contributed by atoms with Gasteiger partial charge in [0, 0.05) is 5.56 Å². The number of aliphatic hydroxyl groups excluding tert-OH is 1. The average molecular weight is 526 g/mol. The molecule has 198 valence electrons. The first-order chi connectivity index (χ1) is 18.9. The first-order valence-electron chi connectivity index (χ1n) is 12.3. The van der Waals surface area contributed by atoms with E-state index < -0.39 is 17.7 Å². The molecule has 4 aromatic rings. The highest BCUT2D eigenvalue weighted by Gasteiger charge is 2.46. The number of aryl methyl sites for hydroxylation is 1. The van der Waals surface area contributed by atoms with Crippen molar-refractivity contribution in [2.24, 2.45) is 0 Å². The number of methoxy groups -OCH3 is 1. The largest absolute Gasteiger partial charge is 0.507 e. The van der Waals surface area contributed by atoms with E-state index in [0.717, 1.165) is 11.1 Å². The van der Waals surface area contributed by atoms with E-state index in [0.29, 0.717) is 29.2 Å². The lowest BCUT2D eigenvalue weighted by Crippen LogP contribution is -2.29. The van der Waals surface area contributed by atoms with Gasteiger partial charge in [0.05, 0.1) is 31.5 Å². The summed E-state index contributed by atoms with van der Waals surface area (Å²) in [6.45, 7) is 2.41. The number of phenolic OH excluding ortho intramolecular Hbond substituents is 1. The van der Waals surface area contributed by atoms with Crippen LogP contribution in [0.5, 0.6) is 17.2 Å². The maximum absolute atomic E-state index is 13.3. The van der Waals surface area contributed by atoms with Crippen LogP contribution in [-0.2, 0) is 22.7 Å². The molecule has 39 heavy (non-hydrogen) atoms. The number of furan rings is 1. The topological polar surface area (TPSA) is 109 Å². The molecular weight excluding hydrogens is 498 g/mol. The normalized spacial score (nSPS) is 16.5. The number of amides is 1. The molecule has 0 spiro atoms. The molecule has 3 aromatic carbocycles. The van der Waals surface area contributed by atoms with E-state index >= 15 is 0 Å². The summed E-state index contributed by atoms with van der Waals surface area (Å²) in [5, 5.41) is 21.4. The summed E-state index contributed by atoms with van der Waals surface area (Å²) in [5.74, 6) is -0.776. The van der Waals surface area contributed by atoms with Crippen LogP contribution in [-0.4, -0.2) is 33.9 Å². The molecule has 1 atom stereocenters. The van der Waals surface area contributed by atoms with Crippen LogP contribution < -0.4 is 9.47 Å². The lowest BCUT2D eigenvalue weighted by Gasteiger charge is -2.25. The number of hydrogen-bond acceptors (Lipinski definition) is 7. The van der Waals surface area contributed by atoms with E-state index in [1.807, 2.05) is 31.2 Å². The first kappa shape index (κ1) is 25.7. The Kier molecular flexibility index (Phi) is 7.10. The third kappa shape index (κ3) is 5.22. The molecule has 0 radical (unpaired) electrons. The highest BCUT2D eigenvalue weighted by molar-refractivity contribution is 6.46. The van der Waals surface area contributed by atoms with Gasteiger partial charge < -0.3 is 29.0 Å². The Hall–Kier alpha value is -4.98. The maximum atomic E-state index is 13.3. The van der Waals surface area contributed by atoms with Gasteiger partial charge in [-0.1, -0.05) is 35.9 Å². The van der Waals surface area contributed by atoms with Gasteiger partial charge >= 0.3 is 0 Å². The average Bonchev–Trinajstić information content (AvgIpc) is 3.55. The van der Waals surface area contributed by atoms with Crippen molar-refractivity contribution in [2.45, 2.75) is 26.1 Å². The van der Waals surface area contributed by atoms with Crippen molar-refractivity contribution in [1.29, 1.82) is 0 Å². The second-order valence-electron chi connectivity index (χ2n) is 9.24. The Balaban J connectivity index is 1.49. The van der Waals surface area contributed by atoms with Crippen LogP contribution in [0.25, 0.3) is 5.76 Å². The number of likely N-dealkylation sites (tertiary alicyclic amines) is 1. The van der Waals surface area contributed by atoms with Gasteiger partial charge in [-0.15, -0.1) is 0 Å². The fraction of sp³-hybridized carbons (Fsp3) is 0.161. The van der Waals surface area contributed by atoms with Crippen LogP contribution in [0.2, 0.25) is 0 Å². The molecule has 1 aromatic heterocycles. The molecule has 0 unspecified atom stereocenters. The molecule has 2 heterocycles. The van der Waals surface area contributed by atoms with E-state index in [1.54, 1.807) is 42.5 Å². The van der Waals surface area contributed by atoms with Gasteiger partial charge in [0.2, 0.25) is 0 Å². The van der Waals surface area contributed by atoms with E-state index in [2.05, 4.69) is 0 Å². The van der Waals surface area contributed by atoms with Crippen molar-refractivity contribution < 1.29 is 33.7 Å². The van der Waals surface area contributed by atoms with Gasteiger partial charge in [-0.05, 0) is 66.6 Å². The van der Waals surface area contributed by atoms with Crippen LogP contribution in [0, 0.1) is 6.92 Å². The molecule has 2 N–H and O–H groups in total. The summed E-state index contributed by atoms with van der Waals surface area (Å²) in [4.78, 5) is 27.8. The zero-order valence-electron chi connectivity index (χ0n) is 21.5. The summed E-state index contributed by atoms with van der Waals surface area (Å²) in [6, 6.07) is 21.6. The predicted molar refractivity (Wildman–Crippen MR) is 143 cm³/mol. The first-order valence-corrected chi connectivity index (χ1v) is 12.3. The minimum Gasteiger partial charge on any atom is -0.507 e. The maximum Gasteiger partial charge on any atom is 0.296 e. The van der Waals surface area contributed by atoms with Gasteiger partial charge in [-0.2, -0.15) is 0 Å². The summed E-state index contributed by atoms with van der Waals surface area (Å²) in [7, 11) is 1.40. The van der Waals surface area contributed by atoms with Gasteiger partial charge in [0.15, 0.2) is 11.5 Å². The molecule has 0 bridgehead atoms. The number of aromatic hydroxyl groups is 1. The smallest absolute Gasteiger partial charge is 0.296 e. The second-order valence-corrected chi connectivity index (χ2v) is 9.24. The van der Waals surface area contributed by atoms with Crippen LogP contribution in [0.15, 0.2) is 95.1 Å². The number of aliphatic hydroxyl groups is 1. The monoisotopic (exact) mass is 525 g/mol. The van der Waals surface area contributed by atoms with Crippen molar-refractivity contribution >= 4 is 17.4 Å². The summed E-state index contributed by atoms with van der Waals surface area (Å²) >= 11 is 0. The SMILES string of the molecule is COc1cc([C@@H]2/C(=C(\O)c3ccc(OCc4cccc(C)c4)cc3)C(=O)C(=O)N2Cc2ccco2)ccc1O. The predicted octanol–water partition coefficient (Wildman–Crippen LogP) is 5.50. The minimum absolute atomic E-state index is 0.00789. The third-order valence-electron chi connectivity index (χ3n) is 6.58. The number of ether oxygens (including phenoxy) is 2. The van der Waals surface area contributed by atoms with Gasteiger partial charge in [0.1, 0.15) is 23.9 Å². The lowest BCUT2D eigenvalue weighted by atomic mass is 9.95. The molecule has 1 saturated heterocycles. The van der Waals surface area contributed by atoms with Gasteiger partial charge in [-0.25, -0.2) is 0 Å². The van der Waals surface area contributed by atoms with Crippen molar-refractivity contribution in [3.8, 4) is 17.2 Å². The van der Waals surface area contributed by atoms with Gasteiger partial charge in [-0.3, -0.25) is 9.59 Å². The van der Waals surface area contributed by atoms with Crippen LogP contribution in [0.3, 0.4) is 0 Å². The standard InChI is InChI=1S/C31H27NO7/c1-19-5-3-6-20(15-19)18-39-23-11-8-21(9-12-23)29(34)27-28(22-10-13-25(33)26(16-22)37-2)32(31(36)30(27)35)17-24-7-4-14-38-24/h3-16,28,33-34H,17-18H2,1-2H3/b29-27+/t28-/m1/s1. The Morgan fingerprint density at radius 2 is 1.79 bits per heavy atom. The summed E-state index contributed by atoms with van der Waals surface area (Å²) < 4.78 is 16.5. The Morgan fingerprint density at radius 1 is 1.00 bits per heavy atom. The number of Topliss-reactive ketones (excluding diaryl/α,β-unsaturated/α-hetero) is 1. The van der Waals surface area contributed by atoms with Crippen LogP contribution in [0.4, 0.5) is 0 Å². The van der Waals surface area contributed by atoms with E-state index in [-0.39, 0.29) is 29.4 Å². The number of nitrogens with zero attached hydrogens (tertiary/aromatic N) is 1. The quantitative estimate of drug-likeness (QED) is 0.178. The Labute approximate surface area is 225 Å². The number of rotatable bonds is 8. The zero-order valence-corrected chi connectivity index (χ0v) is 21.5. The second kappa shape index (κ2) is 10.8. The van der Waals surface area contributed by atoms with Crippen molar-refractivity contribution in [3.05, 3.63) is 119 Å². The number of benzene rings is 3. The Morgan fingerprint density at radius 3 is 2.49 bits per heavy atom. The summed E-state index contributed by atoms with van der Waals surface area (Å²) in [6.07, 6.45) is 1.48. The van der Waals surface area contributed by atoms with Crippen molar-refractivity contribution in [3.63, 3.8) is 0 Å². The molecule has 0 saturated carbocycles. The lowest BCUT2D eigenvalue weighted by molar-refractivity contribution is -0.140. The number of carbonyl (C=O) groups excluding carboxylic acids is 2. The molecule has 1 aliphatic heterocycles. The van der Waals surface area contributed by atoms with Crippen LogP contribution >= 0.6 is 0 Å². The zero-order chi connectivity index (χ0) is 27.5. The molecule has 5 rings (SSSR count).